The number of methoxy groups -OCH3 is 1. The molecule has 0 radical (unpaired) electrons. The minimum atomic E-state index is -2.47. The number of H-pyrrole nitrogens is 1. The number of aromatic nitrogens is 1. The molecular formula is C51H70N12O17S2. The van der Waals surface area contributed by atoms with Gasteiger partial charge < -0.3 is 77.8 Å². The molecule has 3 saturated heterocycles. The number of likely N-dealkylation sites (tertiary alicyclic amines) is 2. The number of nitrogens with one attached hydrogen (secondary N) is 8. The molecule has 7 rings (SSSR count). The highest BCUT2D eigenvalue weighted by Crippen LogP contribution is 2.38. The number of primary amides is 1. The molecule has 1 aromatic heterocycles. The van der Waals surface area contributed by atoms with E-state index in [-0.39, 0.29) is 65.1 Å². The smallest absolute Gasteiger partial charge is 0.246 e. The topological polar surface area (TPSA) is 428 Å². The number of hydrogen-bond acceptors (Lipinski definition) is 18. The molecule has 2 aromatic rings. The fraction of sp³-hybridized carbons (Fsp3) is 0.608. The van der Waals surface area contributed by atoms with E-state index in [1.54, 1.807) is 30.9 Å². The van der Waals surface area contributed by atoms with E-state index in [1.165, 1.54) is 25.8 Å². The van der Waals surface area contributed by atoms with E-state index in [0.29, 0.717) is 41.7 Å². The largest absolute Gasteiger partial charge is 0.496 e. The van der Waals surface area contributed by atoms with Gasteiger partial charge in [-0.3, -0.25) is 66.6 Å². The van der Waals surface area contributed by atoms with Gasteiger partial charge in [-0.05, 0) is 23.6 Å². The summed E-state index contributed by atoms with van der Waals surface area (Å²) in [4.78, 5) is 171. The summed E-state index contributed by atoms with van der Waals surface area (Å²) in [5, 5.41) is 49.3. The van der Waals surface area contributed by atoms with Crippen LogP contribution in [0.5, 0.6) is 5.75 Å². The number of carbonyl (C=O) groups excluding carboxylic acids is 12. The van der Waals surface area contributed by atoms with Crippen molar-refractivity contribution in [1.29, 1.82) is 0 Å². The Morgan fingerprint density at radius 2 is 1.51 bits per heavy atom. The van der Waals surface area contributed by atoms with Gasteiger partial charge in [0.05, 0.1) is 67.5 Å². The lowest BCUT2D eigenvalue weighted by Crippen LogP contribution is -2.62. The summed E-state index contributed by atoms with van der Waals surface area (Å²) >= 11 is 1.43. The average Bonchev–Trinajstić information content (AvgIpc) is 4.34. The molecule has 1 aromatic carbocycles. The number of aliphatic hydroxyl groups excluding tert-OH is 3. The molecular weight excluding hydrogens is 1120 g/mol. The third kappa shape index (κ3) is 14.5. The first-order chi connectivity index (χ1) is 38.9. The Labute approximate surface area is 476 Å². The third-order valence-electron chi connectivity index (χ3n) is 15.4. The maximum atomic E-state index is 15.3. The number of fused-ring (bicyclic) bond motifs is 5. The van der Waals surface area contributed by atoms with Gasteiger partial charge in [0.15, 0.2) is 0 Å². The first-order valence-electron chi connectivity index (χ1n) is 26.9. The van der Waals surface area contributed by atoms with E-state index in [1.807, 2.05) is 0 Å². The Morgan fingerprint density at radius 1 is 0.841 bits per heavy atom. The van der Waals surface area contributed by atoms with Crippen LogP contribution in [0, 0.1) is 11.8 Å². The molecule has 82 heavy (non-hydrogen) atoms. The van der Waals surface area contributed by atoms with Crippen LogP contribution >= 0.6 is 11.8 Å². The van der Waals surface area contributed by atoms with Gasteiger partial charge in [-0.2, -0.15) is 0 Å². The van der Waals surface area contributed by atoms with E-state index in [4.69, 9.17) is 10.5 Å². The van der Waals surface area contributed by atoms with Crippen molar-refractivity contribution in [3.8, 4) is 5.75 Å². The number of hydrogen-bond donors (Lipinski definition) is 12. The zero-order valence-corrected chi connectivity index (χ0v) is 47.2. The van der Waals surface area contributed by atoms with Crippen LogP contribution in [-0.4, -0.2) is 223 Å². The van der Waals surface area contributed by atoms with Crippen molar-refractivity contribution in [2.45, 2.75) is 130 Å². The van der Waals surface area contributed by atoms with E-state index in [0.717, 1.165) is 9.80 Å². The monoisotopic (exact) mass is 1190 g/mol. The van der Waals surface area contributed by atoms with Crippen LogP contribution in [0.3, 0.4) is 0 Å². The van der Waals surface area contributed by atoms with Crippen molar-refractivity contribution in [2.75, 3.05) is 58.7 Å². The Bertz CT molecular complexity index is 2880. The number of aromatic amines is 1. The van der Waals surface area contributed by atoms with Crippen molar-refractivity contribution >= 4 is 104 Å². The molecule has 13 N–H and O–H groups in total. The van der Waals surface area contributed by atoms with Crippen LogP contribution in [0.2, 0.25) is 0 Å². The molecule has 0 saturated carbocycles. The summed E-state index contributed by atoms with van der Waals surface area (Å²) in [7, 11) is -1.06. The maximum Gasteiger partial charge on any atom is 0.246 e. The van der Waals surface area contributed by atoms with Crippen LogP contribution in [0.25, 0.3) is 10.9 Å². The first kappa shape index (κ1) is 62.4. The lowest BCUT2D eigenvalue weighted by atomic mass is 9.93. The van der Waals surface area contributed by atoms with Gasteiger partial charge in [-0.1, -0.05) is 27.2 Å². The molecule has 3 unspecified atom stereocenters. The summed E-state index contributed by atoms with van der Waals surface area (Å²) in [6.45, 7) is 2.25. The second-order valence-corrected chi connectivity index (χ2v) is 23.7. The van der Waals surface area contributed by atoms with E-state index >= 15 is 4.21 Å². The molecule has 5 aliphatic rings. The first-order valence-corrected chi connectivity index (χ1v) is 29.2. The number of carbonyl (C=O) groups is 12. The minimum Gasteiger partial charge on any atom is -0.496 e. The molecule has 6 heterocycles. The summed E-state index contributed by atoms with van der Waals surface area (Å²) < 4.78 is 21.1. The fourth-order valence-electron chi connectivity index (χ4n) is 10.3. The average molecular weight is 1190 g/mol. The Hall–Kier alpha value is -7.22. The zero-order chi connectivity index (χ0) is 59.9. The predicted molar refractivity (Wildman–Crippen MR) is 289 cm³/mol. The van der Waals surface area contributed by atoms with E-state index in [9.17, 15) is 72.9 Å². The Kier molecular flexibility index (Phi) is 20.7. The second-order valence-electron chi connectivity index (χ2n) is 21.0. The highest BCUT2D eigenvalue weighted by molar-refractivity contribution is 7.99. The standard InChI is InChI=1S/C51H70N12O17S2/c1-5-23(2)42-48(76)54-15-37(68)55-32-22-82(79)50-28(27-6-7-35(80-4)29(44(27)60-50)21-81-26-18-61(19-26)39(70)10-11-62-40(71)8-9-41(62)72)13-30(45(73)53-16-38(69)58-42)56-49(77)43(24(3)34(66)20-64)59-47(75)33-12-25(65)17-63(33)51(78)31(14-36(52)67)57-46(32)74/h6-7,23-26,30-34,42-43,60,64-66H,5,8-22H2,1-4H3,(H2,52,67)(H,53,73)(H,54,76)(H,55,68)(H,56,77)(H,57,74)(H,58,69)(H,59,75)/t23-,24-,25+,30?,31-,32-,33?,34-,42-,43-,82?/m0/s1. The van der Waals surface area contributed by atoms with Crippen molar-refractivity contribution < 1.29 is 81.8 Å². The summed E-state index contributed by atoms with van der Waals surface area (Å²) in [6, 6.07) is -7.07. The number of imide groups is 1. The molecule has 0 spiro atoms. The van der Waals surface area contributed by atoms with Crippen LogP contribution < -0.4 is 47.7 Å². The van der Waals surface area contributed by atoms with Crippen LogP contribution in [0.15, 0.2) is 17.2 Å². The molecule has 0 aliphatic carbocycles. The van der Waals surface area contributed by atoms with Crippen LogP contribution in [0.4, 0.5) is 0 Å². The second kappa shape index (κ2) is 27.2. The lowest BCUT2D eigenvalue weighted by Gasteiger charge is -2.39. The molecule has 12 amide bonds. The van der Waals surface area contributed by atoms with E-state index < -0.39 is 176 Å². The zero-order valence-electron chi connectivity index (χ0n) is 45.6. The van der Waals surface area contributed by atoms with Gasteiger partial charge in [0.1, 0.15) is 47.0 Å². The number of ether oxygens (including phenoxy) is 1. The third-order valence-corrected chi connectivity index (χ3v) is 18.0. The molecule has 2 bridgehead atoms. The van der Waals surface area contributed by atoms with Crippen LogP contribution in [-0.2, 0) is 80.5 Å². The number of thioether (sulfide) groups is 1. The van der Waals surface area contributed by atoms with Gasteiger partial charge in [-0.25, -0.2) is 0 Å². The number of amides is 12. The highest BCUT2D eigenvalue weighted by Gasteiger charge is 2.45. The van der Waals surface area contributed by atoms with Gasteiger partial charge in [-0.15, -0.1) is 11.8 Å². The SMILES string of the molecule is CC[C@H](C)[C@@H]1NC(=O)CNC(=O)C2Cc3c([nH]c4c(CSC5CN(C(=O)CCN6C(=O)CCC6=O)C5)c(OC)ccc34)S(=O)C[C@H](NC(=O)CNC1=O)C(=O)N[C@@H](CC(N)=O)C(=O)N1C[C@H](O)CC1C(=O)N[C@@H]([C@@H](C)[C@@H](O)CO)C(=O)N2. The molecule has 3 fully saturated rings. The Morgan fingerprint density at radius 3 is 2.16 bits per heavy atom. The molecule has 29 nitrogen and oxygen atoms in total. The summed E-state index contributed by atoms with van der Waals surface area (Å²) in [5.41, 5.74) is 6.45. The summed E-state index contributed by atoms with van der Waals surface area (Å²) in [6.07, 6.45) is -4.46. The molecule has 11 atom stereocenters. The van der Waals surface area contributed by atoms with Crippen LogP contribution in [0.1, 0.15) is 70.4 Å². The summed E-state index contributed by atoms with van der Waals surface area (Å²) in [5.74, 6) is -12.5. The molecule has 5 aliphatic heterocycles. The number of aliphatic hydroxyl groups is 3. The van der Waals surface area contributed by atoms with Gasteiger partial charge in [0.2, 0.25) is 70.9 Å². The maximum absolute atomic E-state index is 15.3. The number of rotatable bonds is 14. The van der Waals surface area contributed by atoms with Gasteiger partial charge in [0, 0.05) is 86.2 Å². The normalized spacial score (nSPS) is 26.9. The van der Waals surface area contributed by atoms with Crippen molar-refractivity contribution in [2.24, 2.45) is 17.6 Å². The lowest BCUT2D eigenvalue weighted by molar-refractivity contribution is -0.144. The van der Waals surface area contributed by atoms with Crippen molar-refractivity contribution in [3.63, 3.8) is 0 Å². The quantitative estimate of drug-likeness (QED) is 0.0785. The van der Waals surface area contributed by atoms with Crippen molar-refractivity contribution in [1.82, 2.24) is 56.9 Å². The van der Waals surface area contributed by atoms with Gasteiger partial charge >= 0.3 is 0 Å². The van der Waals surface area contributed by atoms with Crippen molar-refractivity contribution in [3.05, 3.63) is 23.3 Å². The fourth-order valence-corrected chi connectivity index (χ4v) is 13.0. The number of benzene rings is 1. The van der Waals surface area contributed by atoms with E-state index in [2.05, 4.69) is 42.2 Å². The molecule has 448 valence electrons. The van der Waals surface area contributed by atoms with Gasteiger partial charge in [0.25, 0.3) is 0 Å². The minimum absolute atomic E-state index is 0.0251. The highest BCUT2D eigenvalue weighted by atomic mass is 32.2. The predicted octanol–water partition coefficient (Wildman–Crippen LogP) is -5.63. The Balaban J connectivity index is 1.34. The molecule has 31 heteroatoms. The number of nitrogens with two attached hydrogens (primary N) is 1. The number of nitrogens with zero attached hydrogens (tertiary/aromatic N) is 3.